The summed E-state index contributed by atoms with van der Waals surface area (Å²) in [4.78, 5) is 19.2. The highest BCUT2D eigenvalue weighted by Gasteiger charge is 2.24. The SMILES string of the molecule is Cc1csc(-c2cc(S(=O)(=O)NCc3ccc(C)c(C)c3)cn2CC(=O)N2CCCC2)n1. The smallest absolute Gasteiger partial charge is 0.242 e. The van der Waals surface area contributed by atoms with Crippen molar-refractivity contribution in [3.05, 3.63) is 58.2 Å². The molecule has 0 bridgehead atoms. The number of likely N-dealkylation sites (tertiary alicyclic amines) is 1. The van der Waals surface area contributed by atoms with Gasteiger partial charge in [-0.15, -0.1) is 11.3 Å². The van der Waals surface area contributed by atoms with E-state index >= 15 is 0 Å². The summed E-state index contributed by atoms with van der Waals surface area (Å²) in [7, 11) is -3.76. The van der Waals surface area contributed by atoms with Crippen LogP contribution in [0.5, 0.6) is 0 Å². The Kier molecular flexibility index (Phi) is 6.50. The number of hydrogen-bond donors (Lipinski definition) is 1. The van der Waals surface area contributed by atoms with Crippen molar-refractivity contribution in [2.75, 3.05) is 13.1 Å². The molecule has 9 heteroatoms. The molecule has 1 aliphatic rings. The standard InChI is InChI=1S/C23H28N4O3S2/c1-16-6-7-19(10-17(16)2)12-24-32(29,30)20-11-21(23-25-18(3)15-31-23)27(13-20)14-22(28)26-8-4-5-9-26/h6-7,10-11,13,15,24H,4-5,8-9,12,14H2,1-3H3. The van der Waals surface area contributed by atoms with E-state index in [-0.39, 0.29) is 23.9 Å². The van der Waals surface area contributed by atoms with E-state index in [4.69, 9.17) is 0 Å². The van der Waals surface area contributed by atoms with Crippen LogP contribution in [0.4, 0.5) is 0 Å². The van der Waals surface area contributed by atoms with Crippen LogP contribution in [0.2, 0.25) is 0 Å². The molecule has 0 radical (unpaired) electrons. The lowest BCUT2D eigenvalue weighted by atomic mass is 10.1. The fourth-order valence-corrected chi connectivity index (χ4v) is 5.68. The predicted octanol–water partition coefficient (Wildman–Crippen LogP) is 3.64. The van der Waals surface area contributed by atoms with Crippen LogP contribution in [0.25, 0.3) is 10.7 Å². The van der Waals surface area contributed by atoms with Crippen LogP contribution in [0, 0.1) is 20.8 Å². The lowest BCUT2D eigenvalue weighted by Crippen LogP contribution is -2.31. The quantitative estimate of drug-likeness (QED) is 0.569. The fraction of sp³-hybridized carbons (Fsp3) is 0.391. The largest absolute Gasteiger partial charge is 0.341 e. The first-order valence-electron chi connectivity index (χ1n) is 10.7. The lowest BCUT2D eigenvalue weighted by molar-refractivity contribution is -0.130. The number of benzene rings is 1. The van der Waals surface area contributed by atoms with Crippen LogP contribution < -0.4 is 4.72 Å². The third-order valence-electron chi connectivity index (χ3n) is 5.82. The normalized spacial score (nSPS) is 14.3. The van der Waals surface area contributed by atoms with Crippen molar-refractivity contribution >= 4 is 27.3 Å². The molecule has 0 aliphatic carbocycles. The zero-order valence-electron chi connectivity index (χ0n) is 18.6. The summed E-state index contributed by atoms with van der Waals surface area (Å²) in [5.74, 6) is -0.000309. The van der Waals surface area contributed by atoms with Crippen molar-refractivity contribution in [3.8, 4) is 10.7 Å². The molecule has 3 aromatic rings. The number of carbonyl (C=O) groups is 1. The minimum atomic E-state index is -3.76. The number of sulfonamides is 1. The van der Waals surface area contributed by atoms with Gasteiger partial charge < -0.3 is 9.47 Å². The van der Waals surface area contributed by atoms with E-state index in [0.717, 1.165) is 42.8 Å². The molecule has 1 aliphatic heterocycles. The second-order valence-corrected chi connectivity index (χ2v) is 10.9. The highest BCUT2D eigenvalue weighted by atomic mass is 32.2. The van der Waals surface area contributed by atoms with Gasteiger partial charge >= 0.3 is 0 Å². The summed E-state index contributed by atoms with van der Waals surface area (Å²) in [5, 5.41) is 2.62. The molecule has 0 unspecified atom stereocenters. The monoisotopic (exact) mass is 472 g/mol. The molecular weight excluding hydrogens is 444 g/mol. The van der Waals surface area contributed by atoms with Gasteiger partial charge in [0.05, 0.1) is 5.69 Å². The van der Waals surface area contributed by atoms with Gasteiger partial charge in [-0.1, -0.05) is 18.2 Å². The predicted molar refractivity (Wildman–Crippen MR) is 126 cm³/mol. The summed E-state index contributed by atoms with van der Waals surface area (Å²) in [6.45, 7) is 7.74. The molecule has 3 heterocycles. The van der Waals surface area contributed by atoms with Gasteiger partial charge in [0.15, 0.2) is 0 Å². The Labute approximate surface area is 193 Å². The van der Waals surface area contributed by atoms with E-state index in [0.29, 0.717) is 10.7 Å². The van der Waals surface area contributed by atoms with Gasteiger partial charge in [0, 0.05) is 36.9 Å². The van der Waals surface area contributed by atoms with Gasteiger partial charge in [-0.3, -0.25) is 4.79 Å². The summed E-state index contributed by atoms with van der Waals surface area (Å²) in [5.41, 5.74) is 4.69. The Balaban J connectivity index is 1.60. The van der Waals surface area contributed by atoms with Crippen molar-refractivity contribution < 1.29 is 13.2 Å². The van der Waals surface area contributed by atoms with Crippen molar-refractivity contribution in [2.45, 2.75) is 51.6 Å². The van der Waals surface area contributed by atoms with Gasteiger partial charge in [0.25, 0.3) is 0 Å². The molecule has 32 heavy (non-hydrogen) atoms. The van der Waals surface area contributed by atoms with Crippen molar-refractivity contribution in [2.24, 2.45) is 0 Å². The van der Waals surface area contributed by atoms with Crippen LogP contribution in [0.15, 0.2) is 40.7 Å². The highest BCUT2D eigenvalue weighted by molar-refractivity contribution is 7.89. The number of amides is 1. The highest BCUT2D eigenvalue weighted by Crippen LogP contribution is 2.28. The Morgan fingerprint density at radius 1 is 1.12 bits per heavy atom. The average molecular weight is 473 g/mol. The molecule has 0 saturated carbocycles. The molecule has 7 nitrogen and oxygen atoms in total. The number of nitrogens with zero attached hydrogens (tertiary/aromatic N) is 3. The third kappa shape index (κ3) is 4.95. The Bertz CT molecular complexity index is 1240. The maximum Gasteiger partial charge on any atom is 0.242 e. The molecule has 1 saturated heterocycles. The van der Waals surface area contributed by atoms with Gasteiger partial charge in [0.1, 0.15) is 16.4 Å². The van der Waals surface area contributed by atoms with E-state index in [1.165, 1.54) is 16.9 Å². The van der Waals surface area contributed by atoms with Gasteiger partial charge in [-0.25, -0.2) is 18.1 Å². The fourth-order valence-electron chi connectivity index (χ4n) is 3.80. The van der Waals surface area contributed by atoms with E-state index in [2.05, 4.69) is 9.71 Å². The first-order chi connectivity index (χ1) is 15.2. The van der Waals surface area contributed by atoms with Crippen molar-refractivity contribution in [3.63, 3.8) is 0 Å². The number of thiazole rings is 1. The molecule has 1 N–H and O–H groups in total. The van der Waals surface area contributed by atoms with Crippen LogP contribution in [-0.4, -0.2) is 41.9 Å². The number of aryl methyl sites for hydroxylation is 3. The Morgan fingerprint density at radius 3 is 2.53 bits per heavy atom. The van der Waals surface area contributed by atoms with Crippen LogP contribution >= 0.6 is 11.3 Å². The number of aromatic nitrogens is 2. The van der Waals surface area contributed by atoms with E-state index in [9.17, 15) is 13.2 Å². The van der Waals surface area contributed by atoms with E-state index in [1.807, 2.05) is 49.3 Å². The number of nitrogens with one attached hydrogen (secondary N) is 1. The minimum absolute atomic E-state index is 0.000309. The summed E-state index contributed by atoms with van der Waals surface area (Å²) in [6.07, 6.45) is 3.57. The van der Waals surface area contributed by atoms with E-state index < -0.39 is 10.0 Å². The van der Waals surface area contributed by atoms with Crippen LogP contribution in [0.1, 0.15) is 35.2 Å². The first kappa shape index (κ1) is 22.7. The number of hydrogen-bond acceptors (Lipinski definition) is 5. The second kappa shape index (κ2) is 9.17. The molecule has 1 amide bonds. The summed E-state index contributed by atoms with van der Waals surface area (Å²) >= 11 is 1.44. The molecule has 2 aromatic heterocycles. The molecule has 0 spiro atoms. The lowest BCUT2D eigenvalue weighted by Gasteiger charge is -2.16. The number of rotatable bonds is 7. The summed E-state index contributed by atoms with van der Waals surface area (Å²) in [6, 6.07) is 7.51. The molecule has 0 atom stereocenters. The van der Waals surface area contributed by atoms with Crippen LogP contribution in [0.3, 0.4) is 0 Å². The maximum atomic E-state index is 13.1. The molecule has 1 fully saturated rings. The zero-order valence-corrected chi connectivity index (χ0v) is 20.2. The maximum absolute atomic E-state index is 13.1. The van der Waals surface area contributed by atoms with Gasteiger partial charge in [-0.2, -0.15) is 0 Å². The second-order valence-electron chi connectivity index (χ2n) is 8.31. The molecule has 1 aromatic carbocycles. The van der Waals surface area contributed by atoms with Crippen molar-refractivity contribution in [1.29, 1.82) is 0 Å². The molecule has 170 valence electrons. The van der Waals surface area contributed by atoms with Crippen LogP contribution in [-0.2, 0) is 27.9 Å². The first-order valence-corrected chi connectivity index (χ1v) is 13.1. The Hall–Kier alpha value is -2.49. The third-order valence-corrected chi connectivity index (χ3v) is 8.17. The average Bonchev–Trinajstić information content (AvgIpc) is 3.50. The topological polar surface area (TPSA) is 84.3 Å². The van der Waals surface area contributed by atoms with Gasteiger partial charge in [0.2, 0.25) is 15.9 Å². The Morgan fingerprint density at radius 2 is 1.88 bits per heavy atom. The molecule has 4 rings (SSSR count). The van der Waals surface area contributed by atoms with E-state index in [1.54, 1.807) is 16.8 Å². The zero-order chi connectivity index (χ0) is 22.9. The minimum Gasteiger partial charge on any atom is -0.341 e. The summed E-state index contributed by atoms with van der Waals surface area (Å²) < 4.78 is 30.5. The molecular formula is C23H28N4O3S2. The van der Waals surface area contributed by atoms with Crippen molar-refractivity contribution in [1.82, 2.24) is 19.2 Å². The van der Waals surface area contributed by atoms with Gasteiger partial charge in [-0.05, 0) is 56.4 Å². The number of carbonyl (C=O) groups excluding carboxylic acids is 1.